The summed E-state index contributed by atoms with van der Waals surface area (Å²) in [6.07, 6.45) is 0. The Balaban J connectivity index is 2.33. The van der Waals surface area contributed by atoms with Crippen LogP contribution in [0, 0.1) is 13.8 Å². The molecule has 0 aliphatic carbocycles. The molecule has 0 fully saturated rings. The highest BCUT2D eigenvalue weighted by Crippen LogP contribution is 2.19. The number of carbonyl (C=O) groups is 1. The lowest BCUT2D eigenvalue weighted by molar-refractivity contribution is -0.110. The van der Waals surface area contributed by atoms with Crippen LogP contribution in [0.1, 0.15) is 38.8 Å². The predicted octanol–water partition coefficient (Wildman–Crippen LogP) is 5.13. The van der Waals surface area contributed by atoms with E-state index in [1.807, 2.05) is 71.0 Å². The number of rotatable bonds is 6. The molecule has 0 bridgehead atoms. The van der Waals surface area contributed by atoms with E-state index in [1.54, 1.807) is 13.0 Å². The Morgan fingerprint density at radius 2 is 1.66 bits per heavy atom. The zero-order valence-electron chi connectivity index (χ0n) is 17.7. The first-order chi connectivity index (χ1) is 13.6. The van der Waals surface area contributed by atoms with Gasteiger partial charge in [0.1, 0.15) is 0 Å². The molecule has 3 N–H and O–H groups in total. The number of hydrazone groups is 2. The first-order valence-electron chi connectivity index (χ1n) is 9.35. The first-order valence-corrected chi connectivity index (χ1v) is 9.73. The Bertz CT molecular complexity index is 944. The highest BCUT2D eigenvalue weighted by molar-refractivity contribution is 6.68. The summed E-state index contributed by atoms with van der Waals surface area (Å²) in [5.41, 5.74) is 9.76. The largest absolute Gasteiger partial charge is 0.320 e. The van der Waals surface area contributed by atoms with Crippen LogP contribution in [0.2, 0.25) is 5.02 Å². The third kappa shape index (κ3) is 6.91. The van der Waals surface area contributed by atoms with E-state index in [4.69, 9.17) is 11.6 Å². The topological polar surface area (TPSA) is 77.9 Å². The maximum atomic E-state index is 13.0. The quantitative estimate of drug-likeness (QED) is 0.454. The second-order valence-corrected chi connectivity index (χ2v) is 8.30. The zero-order valence-corrected chi connectivity index (χ0v) is 18.5. The Kier molecular flexibility index (Phi) is 7.40. The minimum atomic E-state index is -0.352. The number of halogens is 1. The van der Waals surface area contributed by atoms with Crippen LogP contribution in [0.3, 0.4) is 0 Å². The summed E-state index contributed by atoms with van der Waals surface area (Å²) >= 11 is 6.01. The van der Waals surface area contributed by atoms with E-state index in [1.165, 1.54) is 0 Å². The molecule has 0 saturated carbocycles. The van der Waals surface area contributed by atoms with Crippen LogP contribution in [0.5, 0.6) is 0 Å². The summed E-state index contributed by atoms with van der Waals surface area (Å²) in [6, 6.07) is 13.0. The average molecular weight is 414 g/mol. The van der Waals surface area contributed by atoms with Crippen molar-refractivity contribution in [3.05, 3.63) is 58.6 Å². The van der Waals surface area contributed by atoms with Crippen molar-refractivity contribution in [2.75, 3.05) is 10.7 Å². The highest BCUT2D eigenvalue weighted by Gasteiger charge is 2.18. The van der Waals surface area contributed by atoms with Gasteiger partial charge in [-0.1, -0.05) is 29.8 Å². The lowest BCUT2D eigenvalue weighted by Crippen LogP contribution is -2.36. The molecule has 0 aromatic heterocycles. The maximum absolute atomic E-state index is 13.0. The first kappa shape index (κ1) is 22.4. The van der Waals surface area contributed by atoms with Gasteiger partial charge in [-0.05, 0) is 76.9 Å². The van der Waals surface area contributed by atoms with E-state index in [9.17, 15) is 4.79 Å². The second kappa shape index (κ2) is 9.56. The molecule has 2 rings (SSSR count). The number of nitrogens with zero attached hydrogens (tertiary/aromatic N) is 2. The van der Waals surface area contributed by atoms with E-state index >= 15 is 0 Å². The molecule has 0 unspecified atom stereocenters. The van der Waals surface area contributed by atoms with Crippen molar-refractivity contribution in [3.63, 3.8) is 0 Å². The number of hydrogen-bond acceptors (Lipinski definition) is 5. The number of benzene rings is 2. The zero-order chi connectivity index (χ0) is 21.6. The molecule has 2 aromatic rings. The molecule has 154 valence electrons. The highest BCUT2D eigenvalue weighted by atomic mass is 35.5. The number of nitrogens with one attached hydrogen (secondary N) is 3. The minimum Gasteiger partial charge on any atom is -0.320 e. The van der Waals surface area contributed by atoms with Crippen molar-refractivity contribution in [1.82, 2.24) is 5.43 Å². The van der Waals surface area contributed by atoms with Crippen LogP contribution >= 0.6 is 11.6 Å². The molecule has 0 saturated heterocycles. The third-order valence-electron chi connectivity index (χ3n) is 3.99. The molecule has 6 nitrogen and oxygen atoms in total. The van der Waals surface area contributed by atoms with Crippen LogP contribution in [0.15, 0.2) is 52.7 Å². The fourth-order valence-corrected chi connectivity index (χ4v) is 2.59. The van der Waals surface area contributed by atoms with Gasteiger partial charge in [0.2, 0.25) is 0 Å². The normalized spacial score (nSPS) is 12.5. The molecule has 29 heavy (non-hydrogen) atoms. The Morgan fingerprint density at radius 3 is 2.28 bits per heavy atom. The molecule has 1 amide bonds. The number of anilines is 2. The van der Waals surface area contributed by atoms with E-state index in [0.29, 0.717) is 10.7 Å². The maximum Gasteiger partial charge on any atom is 0.278 e. The molecule has 0 radical (unpaired) electrons. The summed E-state index contributed by atoms with van der Waals surface area (Å²) in [5.74, 6) is -0.352. The average Bonchev–Trinajstić information content (AvgIpc) is 2.63. The summed E-state index contributed by atoms with van der Waals surface area (Å²) in [7, 11) is 0. The molecule has 0 heterocycles. The molecule has 0 aliphatic heterocycles. The Labute approximate surface area is 177 Å². The van der Waals surface area contributed by atoms with Gasteiger partial charge in [0, 0.05) is 16.2 Å². The van der Waals surface area contributed by atoms with Gasteiger partial charge in [0.15, 0.2) is 5.71 Å². The lowest BCUT2D eigenvalue weighted by atomic mass is 10.1. The lowest BCUT2D eigenvalue weighted by Gasteiger charge is -2.18. The fourth-order valence-electron chi connectivity index (χ4n) is 2.36. The number of para-hydroxylation sites is 1. The fraction of sp³-hybridized carbons (Fsp3) is 0.318. The van der Waals surface area contributed by atoms with Crippen LogP contribution in [-0.4, -0.2) is 22.9 Å². The van der Waals surface area contributed by atoms with Crippen molar-refractivity contribution >= 4 is 40.3 Å². The molecule has 0 spiro atoms. The van der Waals surface area contributed by atoms with Crippen molar-refractivity contribution in [1.29, 1.82) is 0 Å². The Morgan fingerprint density at radius 1 is 0.966 bits per heavy atom. The standard InChI is InChI=1S/C22H28ClN5O/c1-14-9-7-8-10-18(14)24-21(29)20(16(3)25-28-22(4,5)6)27-26-19-12-11-17(23)13-15(19)2/h7-13,26,28H,1-6H3,(H,24,29)/b25-16-,27-20?. The van der Waals surface area contributed by atoms with Gasteiger partial charge in [0.25, 0.3) is 5.91 Å². The number of aryl methyl sites for hydroxylation is 2. The van der Waals surface area contributed by atoms with Gasteiger partial charge in [-0.15, -0.1) is 0 Å². The van der Waals surface area contributed by atoms with E-state index in [2.05, 4.69) is 26.4 Å². The van der Waals surface area contributed by atoms with Crippen LogP contribution in [-0.2, 0) is 4.79 Å². The summed E-state index contributed by atoms with van der Waals surface area (Å²) < 4.78 is 0. The van der Waals surface area contributed by atoms with Gasteiger partial charge in [-0.3, -0.25) is 10.2 Å². The van der Waals surface area contributed by atoms with Crippen molar-refractivity contribution in [3.8, 4) is 0 Å². The third-order valence-corrected chi connectivity index (χ3v) is 4.22. The second-order valence-electron chi connectivity index (χ2n) is 7.86. The minimum absolute atomic E-state index is 0.180. The molecule has 0 aliphatic rings. The predicted molar refractivity (Wildman–Crippen MR) is 123 cm³/mol. The van der Waals surface area contributed by atoms with Crippen LogP contribution < -0.4 is 16.2 Å². The van der Waals surface area contributed by atoms with Gasteiger partial charge in [-0.25, -0.2) is 0 Å². The molecular weight excluding hydrogens is 386 g/mol. The summed E-state index contributed by atoms with van der Waals surface area (Å²) in [5, 5.41) is 12.2. The SMILES string of the molecule is C/C(=N/NC(C)(C)C)C(=NNc1ccc(Cl)cc1C)C(=O)Nc1ccccc1C. The molecule has 0 atom stereocenters. The van der Waals surface area contributed by atoms with Crippen LogP contribution in [0.4, 0.5) is 11.4 Å². The van der Waals surface area contributed by atoms with Crippen molar-refractivity contribution in [2.24, 2.45) is 10.2 Å². The molecule has 7 heteroatoms. The summed E-state index contributed by atoms with van der Waals surface area (Å²) in [6.45, 7) is 11.6. The number of hydrogen-bond donors (Lipinski definition) is 3. The van der Waals surface area contributed by atoms with Crippen LogP contribution in [0.25, 0.3) is 0 Å². The molecule has 2 aromatic carbocycles. The van der Waals surface area contributed by atoms with Gasteiger partial charge >= 0.3 is 0 Å². The van der Waals surface area contributed by atoms with E-state index in [-0.39, 0.29) is 17.2 Å². The monoisotopic (exact) mass is 413 g/mol. The number of amides is 1. The van der Waals surface area contributed by atoms with Crippen molar-refractivity contribution in [2.45, 2.75) is 47.1 Å². The van der Waals surface area contributed by atoms with Crippen molar-refractivity contribution < 1.29 is 4.79 Å². The molecular formula is C22H28ClN5O. The number of carbonyl (C=O) groups excluding carboxylic acids is 1. The smallest absolute Gasteiger partial charge is 0.278 e. The van der Waals surface area contributed by atoms with E-state index < -0.39 is 0 Å². The van der Waals surface area contributed by atoms with Gasteiger partial charge in [0.05, 0.1) is 11.4 Å². The van der Waals surface area contributed by atoms with Gasteiger partial charge in [-0.2, -0.15) is 10.2 Å². The van der Waals surface area contributed by atoms with E-state index in [0.717, 1.165) is 22.5 Å². The summed E-state index contributed by atoms with van der Waals surface area (Å²) in [4.78, 5) is 13.0. The van der Waals surface area contributed by atoms with Gasteiger partial charge < -0.3 is 10.7 Å². The Hall–Kier alpha value is -2.86.